The van der Waals surface area contributed by atoms with Crippen LogP contribution in [0.3, 0.4) is 0 Å². The topological polar surface area (TPSA) is 47.9 Å². The van der Waals surface area contributed by atoms with Gasteiger partial charge in [0, 0.05) is 0 Å². The summed E-state index contributed by atoms with van der Waals surface area (Å²) in [6.07, 6.45) is 0. The quantitative estimate of drug-likeness (QED) is 0.584. The average Bonchev–Trinajstić information content (AvgIpc) is 1.87. The van der Waals surface area contributed by atoms with Crippen molar-refractivity contribution in [2.75, 3.05) is 21.3 Å². The Labute approximate surface area is 49.0 Å². The van der Waals surface area contributed by atoms with Crippen molar-refractivity contribution >= 4 is 8.17 Å². The van der Waals surface area contributed by atoms with Crippen LogP contribution < -0.4 is 0 Å². The number of rotatable bonds is 3. The third kappa shape index (κ3) is 2.03. The average molecular weight is 141 g/mol. The van der Waals surface area contributed by atoms with Crippen molar-refractivity contribution in [2.24, 2.45) is 0 Å². The van der Waals surface area contributed by atoms with E-state index in [0.717, 1.165) is 0 Å². The maximum Gasteiger partial charge on any atom is 0.571 e. The zero-order valence-electron chi connectivity index (χ0n) is 5.12. The molecule has 0 aliphatic carbocycles. The summed E-state index contributed by atoms with van der Waals surface area (Å²) >= 11 is 0. The lowest BCUT2D eigenvalue weighted by molar-refractivity contribution is 0.140. The first-order valence-corrected chi connectivity index (χ1v) is 3.47. The first-order chi connectivity index (χ1) is 3.68. The van der Waals surface area contributed by atoms with E-state index in [-0.39, 0.29) is 0 Å². The first-order valence-electron chi connectivity index (χ1n) is 1.97. The fraction of sp³-hybridized carbons (Fsp3) is 1.00. The Bertz CT molecular complexity index is 54.0. The molecule has 0 rings (SSSR count). The lowest BCUT2D eigenvalue weighted by atomic mass is 11.8. The highest BCUT2D eigenvalue weighted by Gasteiger charge is 2.39. The molecule has 0 spiro atoms. The van der Waals surface area contributed by atoms with Crippen LogP contribution in [0, 0.1) is 0 Å². The van der Waals surface area contributed by atoms with Gasteiger partial charge in [-0.15, -0.1) is 0 Å². The Morgan fingerprint density at radius 1 is 1.00 bits per heavy atom. The number of hydrogen-bond acceptors (Lipinski definition) is 4. The summed E-state index contributed by atoms with van der Waals surface area (Å²) in [5.41, 5.74) is 0. The highest BCUT2D eigenvalue weighted by Crippen LogP contribution is 2.55. The summed E-state index contributed by atoms with van der Waals surface area (Å²) in [5.74, 6) is 0. The zero-order valence-corrected chi connectivity index (χ0v) is 6.01. The Hall–Kier alpha value is 0.270. The molecule has 0 amide bonds. The van der Waals surface area contributed by atoms with Gasteiger partial charge in [0.15, 0.2) is 0 Å². The van der Waals surface area contributed by atoms with Crippen molar-refractivity contribution in [1.82, 2.24) is 0 Å². The molecule has 0 fully saturated rings. The standard InChI is InChI=1S/C3H10O4P/c1-5-8(4,6-2)7-3/h4H,1-3H3/q+1. The highest BCUT2D eigenvalue weighted by atomic mass is 31.2. The van der Waals surface area contributed by atoms with E-state index in [9.17, 15) is 0 Å². The second-order valence-corrected chi connectivity index (χ2v) is 3.05. The molecule has 8 heavy (non-hydrogen) atoms. The van der Waals surface area contributed by atoms with Crippen LogP contribution in [0.5, 0.6) is 0 Å². The van der Waals surface area contributed by atoms with Gasteiger partial charge < -0.3 is 0 Å². The van der Waals surface area contributed by atoms with Crippen LogP contribution >= 0.6 is 8.17 Å². The van der Waals surface area contributed by atoms with Crippen molar-refractivity contribution in [1.29, 1.82) is 0 Å². The maximum absolute atomic E-state index is 8.88. The molecule has 0 aliphatic heterocycles. The minimum atomic E-state index is -2.91. The van der Waals surface area contributed by atoms with Gasteiger partial charge in [-0.3, -0.25) is 0 Å². The van der Waals surface area contributed by atoms with E-state index >= 15 is 0 Å². The lowest BCUT2D eigenvalue weighted by Gasteiger charge is -2.05. The summed E-state index contributed by atoms with van der Waals surface area (Å²) in [6.45, 7) is 0. The molecule has 0 aromatic heterocycles. The highest BCUT2D eigenvalue weighted by molar-refractivity contribution is 7.55. The Balaban J connectivity index is 3.58. The van der Waals surface area contributed by atoms with Crippen LogP contribution in [0.2, 0.25) is 0 Å². The van der Waals surface area contributed by atoms with Crippen molar-refractivity contribution in [3.05, 3.63) is 0 Å². The SMILES string of the molecule is CO[P+](O)(OC)OC. The lowest BCUT2D eigenvalue weighted by Crippen LogP contribution is -1.97. The molecule has 50 valence electrons. The summed E-state index contributed by atoms with van der Waals surface area (Å²) in [6, 6.07) is 0. The van der Waals surface area contributed by atoms with Crippen molar-refractivity contribution in [2.45, 2.75) is 0 Å². The van der Waals surface area contributed by atoms with E-state index in [1.807, 2.05) is 0 Å². The Morgan fingerprint density at radius 3 is 1.25 bits per heavy atom. The first kappa shape index (κ1) is 8.27. The van der Waals surface area contributed by atoms with E-state index in [2.05, 4.69) is 13.6 Å². The molecule has 0 heterocycles. The molecule has 0 atom stereocenters. The van der Waals surface area contributed by atoms with Crippen LogP contribution in [0.1, 0.15) is 0 Å². The molecule has 0 saturated heterocycles. The molecule has 0 aliphatic rings. The second kappa shape index (κ2) is 3.33. The van der Waals surface area contributed by atoms with Crippen LogP contribution in [-0.2, 0) is 13.6 Å². The third-order valence-electron chi connectivity index (χ3n) is 0.692. The normalized spacial score (nSPS) is 12.0. The molecular formula is C3H10O4P+. The molecule has 1 N–H and O–H groups in total. The maximum atomic E-state index is 8.88. The molecule has 0 aromatic rings. The molecule has 0 aromatic carbocycles. The van der Waals surface area contributed by atoms with E-state index in [1.165, 1.54) is 21.3 Å². The second-order valence-electron chi connectivity index (χ2n) is 1.02. The van der Waals surface area contributed by atoms with Gasteiger partial charge >= 0.3 is 8.17 Å². The summed E-state index contributed by atoms with van der Waals surface area (Å²) < 4.78 is 13.4. The van der Waals surface area contributed by atoms with Gasteiger partial charge in [0.05, 0.1) is 21.3 Å². The van der Waals surface area contributed by atoms with E-state index in [1.54, 1.807) is 0 Å². The van der Waals surface area contributed by atoms with Crippen LogP contribution in [-0.4, -0.2) is 26.2 Å². The predicted octanol–water partition coefficient (Wildman–Crippen LogP) is 0.595. The van der Waals surface area contributed by atoms with Crippen molar-refractivity contribution in [3.63, 3.8) is 0 Å². The monoisotopic (exact) mass is 141 g/mol. The smallest absolute Gasteiger partial charge is 0.168 e. The Morgan fingerprint density at radius 2 is 1.25 bits per heavy atom. The van der Waals surface area contributed by atoms with Crippen LogP contribution in [0.15, 0.2) is 0 Å². The fourth-order valence-electron chi connectivity index (χ4n) is 0.224. The van der Waals surface area contributed by atoms with Gasteiger partial charge in [-0.05, 0) is 0 Å². The fourth-order valence-corrected chi connectivity index (χ4v) is 0.671. The number of hydrogen-bond donors (Lipinski definition) is 1. The third-order valence-corrected chi connectivity index (χ3v) is 2.08. The van der Waals surface area contributed by atoms with Crippen LogP contribution in [0.4, 0.5) is 0 Å². The Kier molecular flexibility index (Phi) is 3.44. The molecule has 0 bridgehead atoms. The van der Waals surface area contributed by atoms with E-state index in [4.69, 9.17) is 4.89 Å². The van der Waals surface area contributed by atoms with Gasteiger partial charge in [0.2, 0.25) is 0 Å². The van der Waals surface area contributed by atoms with Gasteiger partial charge in [-0.2, -0.15) is 18.5 Å². The summed E-state index contributed by atoms with van der Waals surface area (Å²) in [5, 5.41) is 0. The molecule has 4 nitrogen and oxygen atoms in total. The van der Waals surface area contributed by atoms with Gasteiger partial charge in [-0.25, -0.2) is 0 Å². The summed E-state index contributed by atoms with van der Waals surface area (Å²) in [7, 11) is 1.05. The van der Waals surface area contributed by atoms with Crippen molar-refractivity contribution in [3.8, 4) is 0 Å². The largest absolute Gasteiger partial charge is 0.571 e. The minimum Gasteiger partial charge on any atom is -0.168 e. The van der Waals surface area contributed by atoms with Crippen LogP contribution in [0.25, 0.3) is 0 Å². The van der Waals surface area contributed by atoms with Gasteiger partial charge in [0.25, 0.3) is 0 Å². The van der Waals surface area contributed by atoms with E-state index < -0.39 is 8.17 Å². The minimum absolute atomic E-state index is 1.32. The summed E-state index contributed by atoms with van der Waals surface area (Å²) in [4.78, 5) is 8.88. The van der Waals surface area contributed by atoms with Gasteiger partial charge in [0.1, 0.15) is 0 Å². The molecule has 0 saturated carbocycles. The molecular weight excluding hydrogens is 131 g/mol. The van der Waals surface area contributed by atoms with E-state index in [0.29, 0.717) is 0 Å². The predicted molar refractivity (Wildman–Crippen MR) is 30.2 cm³/mol. The van der Waals surface area contributed by atoms with Gasteiger partial charge in [-0.1, -0.05) is 0 Å². The molecule has 0 radical (unpaired) electrons. The zero-order chi connectivity index (χ0) is 6.62. The molecule has 5 heteroatoms. The van der Waals surface area contributed by atoms with Crippen molar-refractivity contribution < 1.29 is 18.5 Å². The molecule has 0 unspecified atom stereocenters.